The van der Waals surface area contributed by atoms with E-state index in [1.54, 1.807) is 0 Å². The van der Waals surface area contributed by atoms with Gasteiger partial charge in [-0.3, -0.25) is 0 Å². The molecule has 2 N–H and O–H groups in total. The Morgan fingerprint density at radius 1 is 0.800 bits per heavy atom. The summed E-state index contributed by atoms with van der Waals surface area (Å²) in [6.07, 6.45) is 0. The standard InChI is InChI=1S/2CH4N.Mg/c2*1-2;/h2*2H,1H3;/q2*-1;+2. The molecule has 0 atom stereocenters. The summed E-state index contributed by atoms with van der Waals surface area (Å²) < 4.78 is 0. The summed E-state index contributed by atoms with van der Waals surface area (Å²) in [5.41, 5.74) is 11.5. The molecule has 0 saturated carbocycles. The van der Waals surface area contributed by atoms with Crippen molar-refractivity contribution in [3.8, 4) is 0 Å². The second kappa shape index (κ2) is 135. The molecule has 2 nitrogen and oxygen atoms in total. The number of hydrogen-bond donors (Lipinski definition) is 0. The molecule has 0 aliphatic carbocycles. The fourth-order valence-corrected chi connectivity index (χ4v) is 0. The van der Waals surface area contributed by atoms with Gasteiger partial charge < -0.3 is 11.5 Å². The molecule has 0 aromatic carbocycles. The Kier molecular flexibility index (Phi) is 468. The molecule has 0 unspecified atom stereocenters. The molecule has 0 spiro atoms. The average Bonchev–Trinajstić information content (AvgIpc) is 1.50. The molecule has 0 aliphatic rings. The molecular formula is C2H8MgN2. The topological polar surface area (TPSA) is 47.6 Å². The Bertz CT molecular complexity index is 7.61. The first-order valence-electron chi connectivity index (χ1n) is 1.00. The normalized spacial score (nSPS) is 2.40. The fourth-order valence-electron chi connectivity index (χ4n) is 0. The van der Waals surface area contributed by atoms with E-state index >= 15 is 0 Å². The summed E-state index contributed by atoms with van der Waals surface area (Å²) in [5, 5.41) is 0. The maximum Gasteiger partial charge on any atom is 2.00 e. The van der Waals surface area contributed by atoms with Gasteiger partial charge in [-0.15, -0.1) is 0 Å². The first-order chi connectivity index (χ1) is 2.00. The average molecular weight is 84.4 g/mol. The number of rotatable bonds is 0. The van der Waals surface area contributed by atoms with E-state index in [2.05, 4.69) is 0 Å². The van der Waals surface area contributed by atoms with Crippen molar-refractivity contribution < 1.29 is 0 Å². The van der Waals surface area contributed by atoms with Gasteiger partial charge in [0.2, 0.25) is 0 Å². The third kappa shape index (κ3) is 71.8. The molecule has 28 valence electrons. The van der Waals surface area contributed by atoms with E-state index in [9.17, 15) is 0 Å². The van der Waals surface area contributed by atoms with Crippen molar-refractivity contribution in [3.63, 3.8) is 0 Å². The van der Waals surface area contributed by atoms with Gasteiger partial charge in [-0.2, -0.15) is 14.1 Å². The Balaban J connectivity index is -0.0000000133. The van der Waals surface area contributed by atoms with Crippen LogP contribution >= 0.6 is 0 Å². The summed E-state index contributed by atoms with van der Waals surface area (Å²) in [6, 6.07) is 0. The monoisotopic (exact) mass is 84.1 g/mol. The van der Waals surface area contributed by atoms with E-state index in [-0.39, 0.29) is 23.1 Å². The smallest absolute Gasteiger partial charge is 0.680 e. The van der Waals surface area contributed by atoms with Crippen LogP contribution in [0.4, 0.5) is 0 Å². The minimum Gasteiger partial charge on any atom is -0.680 e. The first kappa shape index (κ1) is 17.3. The predicted molar refractivity (Wildman–Crippen MR) is 26.2 cm³/mol. The third-order valence-electron chi connectivity index (χ3n) is 0. The molecule has 0 rings (SSSR count). The SMILES string of the molecule is C[NH-].C[NH-].[Mg+2]. The zero-order valence-electron chi connectivity index (χ0n) is 3.71. The van der Waals surface area contributed by atoms with Crippen molar-refractivity contribution in [3.05, 3.63) is 11.5 Å². The molecule has 0 saturated heterocycles. The molecule has 0 radical (unpaired) electrons. The largest absolute Gasteiger partial charge is 2.00 e. The van der Waals surface area contributed by atoms with Crippen LogP contribution in [0.3, 0.4) is 0 Å². The van der Waals surface area contributed by atoms with Crippen LogP contribution in [-0.4, -0.2) is 37.1 Å². The number of nitrogens with one attached hydrogen (secondary N) is 2. The van der Waals surface area contributed by atoms with Crippen molar-refractivity contribution in [1.82, 2.24) is 0 Å². The van der Waals surface area contributed by atoms with E-state index in [1.165, 1.54) is 14.1 Å². The van der Waals surface area contributed by atoms with Gasteiger partial charge in [-0.1, -0.05) is 0 Å². The summed E-state index contributed by atoms with van der Waals surface area (Å²) >= 11 is 0. The molecule has 0 heterocycles. The van der Waals surface area contributed by atoms with Gasteiger partial charge in [0, 0.05) is 0 Å². The molecule has 0 amide bonds. The van der Waals surface area contributed by atoms with Crippen LogP contribution in [-0.2, 0) is 0 Å². The van der Waals surface area contributed by atoms with Gasteiger partial charge in [0.1, 0.15) is 0 Å². The van der Waals surface area contributed by atoms with E-state index in [0.717, 1.165) is 0 Å². The van der Waals surface area contributed by atoms with Gasteiger partial charge in [0.05, 0.1) is 0 Å². The van der Waals surface area contributed by atoms with Crippen LogP contribution in [0, 0.1) is 0 Å². The van der Waals surface area contributed by atoms with Crippen LogP contribution in [0.5, 0.6) is 0 Å². The molecule has 0 aliphatic heterocycles. The van der Waals surface area contributed by atoms with Gasteiger partial charge in [0.25, 0.3) is 0 Å². The molecule has 0 aromatic rings. The van der Waals surface area contributed by atoms with Crippen molar-refractivity contribution in [2.24, 2.45) is 0 Å². The molecule has 0 fully saturated rings. The second-order valence-electron chi connectivity index (χ2n) is 0. The van der Waals surface area contributed by atoms with Gasteiger partial charge in [-0.05, 0) is 0 Å². The maximum atomic E-state index is 5.75. The summed E-state index contributed by atoms with van der Waals surface area (Å²) in [4.78, 5) is 0. The minimum absolute atomic E-state index is 0. The molecule has 0 aromatic heterocycles. The van der Waals surface area contributed by atoms with E-state index in [1.807, 2.05) is 0 Å². The van der Waals surface area contributed by atoms with Crippen molar-refractivity contribution >= 4 is 23.1 Å². The summed E-state index contributed by atoms with van der Waals surface area (Å²) in [5.74, 6) is 0. The quantitative estimate of drug-likeness (QED) is 0.393. The van der Waals surface area contributed by atoms with Gasteiger partial charge in [0.15, 0.2) is 0 Å². The molecule has 3 heteroatoms. The predicted octanol–water partition coefficient (Wildman–Crippen LogP) is 0.956. The van der Waals surface area contributed by atoms with Crippen LogP contribution < -0.4 is 0 Å². The van der Waals surface area contributed by atoms with Crippen LogP contribution in [0.2, 0.25) is 0 Å². The summed E-state index contributed by atoms with van der Waals surface area (Å²) in [6.45, 7) is 0. The van der Waals surface area contributed by atoms with E-state index in [0.29, 0.717) is 0 Å². The van der Waals surface area contributed by atoms with Crippen molar-refractivity contribution in [1.29, 1.82) is 0 Å². The Labute approximate surface area is 49.1 Å². The third-order valence-corrected chi connectivity index (χ3v) is 0. The summed E-state index contributed by atoms with van der Waals surface area (Å²) in [7, 11) is 2.50. The Morgan fingerprint density at radius 2 is 0.800 bits per heavy atom. The second-order valence-corrected chi connectivity index (χ2v) is 0. The minimum atomic E-state index is 0. The van der Waals surface area contributed by atoms with Crippen LogP contribution in [0.15, 0.2) is 0 Å². The zero-order valence-corrected chi connectivity index (χ0v) is 5.12. The van der Waals surface area contributed by atoms with Crippen molar-refractivity contribution in [2.75, 3.05) is 14.1 Å². The van der Waals surface area contributed by atoms with Crippen LogP contribution in [0.25, 0.3) is 11.5 Å². The van der Waals surface area contributed by atoms with Crippen LogP contribution in [0.1, 0.15) is 0 Å². The Morgan fingerprint density at radius 3 is 0.800 bits per heavy atom. The van der Waals surface area contributed by atoms with E-state index in [4.69, 9.17) is 11.5 Å². The van der Waals surface area contributed by atoms with Crippen molar-refractivity contribution in [2.45, 2.75) is 0 Å². The zero-order chi connectivity index (χ0) is 4.00. The Hall–Kier alpha value is 0.686. The first-order valence-corrected chi connectivity index (χ1v) is 1.00. The fraction of sp³-hybridized carbons (Fsp3) is 1.00. The number of hydrogen-bond acceptors (Lipinski definition) is 0. The van der Waals surface area contributed by atoms with Gasteiger partial charge >= 0.3 is 23.1 Å². The maximum absolute atomic E-state index is 5.75. The van der Waals surface area contributed by atoms with Gasteiger partial charge in [-0.25, -0.2) is 0 Å². The molecular weight excluding hydrogens is 76.3 g/mol. The molecule has 0 bridgehead atoms. The molecule has 5 heavy (non-hydrogen) atoms. The van der Waals surface area contributed by atoms with E-state index < -0.39 is 0 Å².